The Morgan fingerprint density at radius 1 is 0.625 bits per heavy atom. The van der Waals surface area contributed by atoms with Gasteiger partial charge < -0.3 is 0 Å². The van der Waals surface area contributed by atoms with Crippen LogP contribution in [0.3, 0.4) is 0 Å². The van der Waals surface area contributed by atoms with E-state index in [1.165, 1.54) is 22.3 Å². The number of hydrogen-bond donors (Lipinski definition) is 0. The number of aromatic nitrogens is 3. The Hall–Kier alpha value is -3.56. The summed E-state index contributed by atoms with van der Waals surface area (Å²) in [4.78, 5) is 13.8. The molecule has 0 fully saturated rings. The summed E-state index contributed by atoms with van der Waals surface area (Å²) in [5.41, 5.74) is 6.99. The zero-order chi connectivity index (χ0) is 21.9. The lowest BCUT2D eigenvalue weighted by molar-refractivity contribution is 0.660. The Balaban J connectivity index is 1.51. The summed E-state index contributed by atoms with van der Waals surface area (Å²) < 4.78 is 0. The second kappa shape index (κ2) is 6.98. The standard InChI is InChI=1S/C28H20ClN3/c1-28(2)23-13-6-5-11-20(23)21-15-14-18(16-24(21)28)25-30-26(32-27(29)31-25)22-12-7-9-17-8-3-4-10-19(17)22/h3-16H,1-2H3. The van der Waals surface area contributed by atoms with Crippen molar-refractivity contribution in [2.75, 3.05) is 0 Å². The van der Waals surface area contributed by atoms with Crippen molar-refractivity contribution in [3.63, 3.8) is 0 Å². The average molecular weight is 434 g/mol. The van der Waals surface area contributed by atoms with Crippen LogP contribution in [-0.2, 0) is 5.41 Å². The van der Waals surface area contributed by atoms with Gasteiger partial charge in [-0.25, -0.2) is 4.98 Å². The summed E-state index contributed by atoms with van der Waals surface area (Å²) in [5.74, 6) is 1.17. The summed E-state index contributed by atoms with van der Waals surface area (Å²) in [6, 6.07) is 29.4. The predicted molar refractivity (Wildman–Crippen MR) is 131 cm³/mol. The molecule has 5 aromatic rings. The van der Waals surface area contributed by atoms with Crippen LogP contribution in [0.5, 0.6) is 0 Å². The fraction of sp³-hybridized carbons (Fsp3) is 0.107. The van der Waals surface area contributed by atoms with E-state index in [-0.39, 0.29) is 10.7 Å². The zero-order valence-electron chi connectivity index (χ0n) is 17.8. The van der Waals surface area contributed by atoms with E-state index in [0.717, 1.165) is 21.9 Å². The van der Waals surface area contributed by atoms with Gasteiger partial charge >= 0.3 is 0 Å². The van der Waals surface area contributed by atoms with Crippen LogP contribution in [0, 0.1) is 0 Å². The molecule has 1 aromatic heterocycles. The highest BCUT2D eigenvalue weighted by molar-refractivity contribution is 6.28. The third kappa shape index (κ3) is 2.85. The Labute approximate surface area is 191 Å². The molecule has 0 aliphatic heterocycles. The molecular formula is C28H20ClN3. The fourth-order valence-electron chi connectivity index (χ4n) is 4.86. The van der Waals surface area contributed by atoms with Gasteiger partial charge in [0.1, 0.15) is 0 Å². The Bertz CT molecular complexity index is 1520. The molecule has 4 aromatic carbocycles. The second-order valence-corrected chi connectivity index (χ2v) is 9.05. The summed E-state index contributed by atoms with van der Waals surface area (Å²) >= 11 is 6.39. The van der Waals surface area contributed by atoms with Crippen LogP contribution < -0.4 is 0 Å². The number of nitrogens with zero attached hydrogens (tertiary/aromatic N) is 3. The predicted octanol–water partition coefficient (Wildman–Crippen LogP) is 7.32. The van der Waals surface area contributed by atoms with Crippen molar-refractivity contribution >= 4 is 22.4 Å². The van der Waals surface area contributed by atoms with Crippen molar-refractivity contribution in [3.8, 4) is 33.9 Å². The molecule has 4 heteroatoms. The van der Waals surface area contributed by atoms with Crippen LogP contribution in [-0.4, -0.2) is 15.0 Å². The van der Waals surface area contributed by atoms with Gasteiger partial charge in [0.2, 0.25) is 5.28 Å². The summed E-state index contributed by atoms with van der Waals surface area (Å²) in [6.45, 7) is 4.53. The minimum Gasteiger partial charge on any atom is -0.208 e. The second-order valence-electron chi connectivity index (χ2n) is 8.71. The van der Waals surface area contributed by atoms with E-state index in [4.69, 9.17) is 16.6 Å². The van der Waals surface area contributed by atoms with E-state index in [1.807, 2.05) is 24.3 Å². The fourth-order valence-corrected chi connectivity index (χ4v) is 5.02. The lowest BCUT2D eigenvalue weighted by Gasteiger charge is -2.21. The summed E-state index contributed by atoms with van der Waals surface area (Å²) in [6.07, 6.45) is 0. The molecule has 32 heavy (non-hydrogen) atoms. The van der Waals surface area contributed by atoms with Gasteiger partial charge in [0.25, 0.3) is 0 Å². The maximum Gasteiger partial charge on any atom is 0.226 e. The Morgan fingerprint density at radius 2 is 1.31 bits per heavy atom. The van der Waals surface area contributed by atoms with E-state index in [9.17, 15) is 0 Å². The molecule has 0 saturated carbocycles. The van der Waals surface area contributed by atoms with Crippen molar-refractivity contribution in [2.45, 2.75) is 19.3 Å². The van der Waals surface area contributed by atoms with Gasteiger partial charge in [-0.3, -0.25) is 0 Å². The van der Waals surface area contributed by atoms with Gasteiger partial charge in [-0.15, -0.1) is 0 Å². The smallest absolute Gasteiger partial charge is 0.208 e. The van der Waals surface area contributed by atoms with E-state index in [0.29, 0.717) is 11.6 Å². The molecule has 0 bridgehead atoms. The molecule has 1 heterocycles. The number of hydrogen-bond acceptors (Lipinski definition) is 3. The lowest BCUT2D eigenvalue weighted by Crippen LogP contribution is -2.15. The molecule has 0 radical (unpaired) electrons. The minimum absolute atomic E-state index is 0.0861. The maximum absolute atomic E-state index is 6.39. The summed E-state index contributed by atoms with van der Waals surface area (Å²) in [5, 5.41) is 2.43. The quantitative estimate of drug-likeness (QED) is 0.292. The molecule has 1 aliphatic carbocycles. The SMILES string of the molecule is CC1(C)c2ccccc2-c2ccc(-c3nc(Cl)nc(-c4cccc5ccccc45)n3)cc21. The molecule has 154 valence electrons. The first-order valence-corrected chi connectivity index (χ1v) is 11.0. The molecule has 6 rings (SSSR count). The molecule has 0 spiro atoms. The first-order valence-electron chi connectivity index (χ1n) is 10.7. The summed E-state index contributed by atoms with van der Waals surface area (Å²) in [7, 11) is 0. The van der Waals surface area contributed by atoms with E-state index >= 15 is 0 Å². The van der Waals surface area contributed by atoms with E-state index in [1.54, 1.807) is 0 Å². The van der Waals surface area contributed by atoms with Crippen LogP contribution in [0.25, 0.3) is 44.7 Å². The van der Waals surface area contributed by atoms with Crippen LogP contribution in [0.15, 0.2) is 84.9 Å². The van der Waals surface area contributed by atoms with Gasteiger partial charge in [0.15, 0.2) is 11.6 Å². The van der Waals surface area contributed by atoms with Gasteiger partial charge in [0, 0.05) is 16.5 Å². The van der Waals surface area contributed by atoms with Gasteiger partial charge in [-0.05, 0) is 50.7 Å². The largest absolute Gasteiger partial charge is 0.226 e. The van der Waals surface area contributed by atoms with Crippen molar-refractivity contribution in [1.82, 2.24) is 15.0 Å². The molecule has 0 unspecified atom stereocenters. The van der Waals surface area contributed by atoms with Crippen molar-refractivity contribution in [1.29, 1.82) is 0 Å². The average Bonchev–Trinajstić information content (AvgIpc) is 3.05. The highest BCUT2D eigenvalue weighted by Gasteiger charge is 2.35. The molecule has 0 N–H and O–H groups in total. The molecule has 3 nitrogen and oxygen atoms in total. The minimum atomic E-state index is -0.0861. The Kier molecular flexibility index (Phi) is 4.17. The van der Waals surface area contributed by atoms with Gasteiger partial charge in [-0.1, -0.05) is 92.7 Å². The molecular weight excluding hydrogens is 414 g/mol. The monoisotopic (exact) mass is 433 g/mol. The zero-order valence-corrected chi connectivity index (χ0v) is 18.6. The molecule has 0 saturated heterocycles. The highest BCUT2D eigenvalue weighted by atomic mass is 35.5. The van der Waals surface area contributed by atoms with Crippen LogP contribution in [0.1, 0.15) is 25.0 Å². The van der Waals surface area contributed by atoms with Gasteiger partial charge in [0.05, 0.1) is 0 Å². The highest BCUT2D eigenvalue weighted by Crippen LogP contribution is 2.49. The topological polar surface area (TPSA) is 38.7 Å². The van der Waals surface area contributed by atoms with Crippen molar-refractivity contribution < 1.29 is 0 Å². The molecule has 0 atom stereocenters. The van der Waals surface area contributed by atoms with E-state index in [2.05, 4.69) is 84.5 Å². The first kappa shape index (κ1) is 19.1. The van der Waals surface area contributed by atoms with Crippen molar-refractivity contribution in [2.24, 2.45) is 0 Å². The number of fused-ring (bicyclic) bond motifs is 4. The van der Waals surface area contributed by atoms with Gasteiger partial charge in [-0.2, -0.15) is 9.97 Å². The number of benzene rings is 4. The third-order valence-electron chi connectivity index (χ3n) is 6.48. The van der Waals surface area contributed by atoms with Crippen LogP contribution >= 0.6 is 11.6 Å². The normalized spacial score (nSPS) is 13.7. The third-order valence-corrected chi connectivity index (χ3v) is 6.65. The van der Waals surface area contributed by atoms with Crippen molar-refractivity contribution in [3.05, 3.63) is 101 Å². The number of rotatable bonds is 2. The first-order chi connectivity index (χ1) is 15.5. The number of halogens is 1. The Morgan fingerprint density at radius 3 is 2.22 bits per heavy atom. The van der Waals surface area contributed by atoms with Crippen LogP contribution in [0.4, 0.5) is 0 Å². The molecule has 0 amide bonds. The maximum atomic E-state index is 6.39. The van der Waals surface area contributed by atoms with Crippen LogP contribution in [0.2, 0.25) is 5.28 Å². The molecule has 1 aliphatic rings. The lowest BCUT2D eigenvalue weighted by atomic mass is 9.82. The van der Waals surface area contributed by atoms with E-state index < -0.39 is 0 Å².